The molecule has 1 aromatic heterocycles. The molecular weight excluding hydrogens is 390 g/mol. The number of para-hydroxylation sites is 1. The van der Waals surface area contributed by atoms with Crippen molar-refractivity contribution in [1.82, 2.24) is 10.3 Å². The third kappa shape index (κ3) is 4.47. The largest absolute Gasteiger partial charge is 0.497 e. The zero-order chi connectivity index (χ0) is 20.9. The smallest absolute Gasteiger partial charge is 0.170 e. The maximum Gasteiger partial charge on any atom is 0.170 e. The number of nitrogens with one attached hydrogen (secondary N) is 3. The molecule has 4 rings (SSSR count). The maximum atomic E-state index is 5.56. The number of methoxy groups -OCH3 is 1. The van der Waals surface area contributed by atoms with Gasteiger partial charge in [-0.2, -0.15) is 0 Å². The van der Waals surface area contributed by atoms with Crippen LogP contribution in [-0.2, 0) is 0 Å². The van der Waals surface area contributed by atoms with Gasteiger partial charge in [0, 0.05) is 35.2 Å². The summed E-state index contributed by atoms with van der Waals surface area (Å²) in [7, 11) is 1.68. The predicted octanol–water partition coefficient (Wildman–Crippen LogP) is 5.60. The molecule has 0 fully saturated rings. The van der Waals surface area contributed by atoms with Gasteiger partial charge in [-0.1, -0.05) is 42.5 Å². The molecule has 0 unspecified atom stereocenters. The summed E-state index contributed by atoms with van der Waals surface area (Å²) in [6, 6.07) is 24.8. The number of ether oxygens (including phenoxy) is 1. The third-order valence-electron chi connectivity index (χ3n) is 5.26. The van der Waals surface area contributed by atoms with Gasteiger partial charge in [0.15, 0.2) is 5.11 Å². The van der Waals surface area contributed by atoms with Gasteiger partial charge >= 0.3 is 0 Å². The van der Waals surface area contributed by atoms with Crippen LogP contribution in [0.2, 0.25) is 0 Å². The normalized spacial score (nSPS) is 11.8. The Kier molecular flexibility index (Phi) is 6.00. The molecule has 0 aliphatic rings. The molecule has 0 amide bonds. The molecule has 4 nitrogen and oxygen atoms in total. The minimum Gasteiger partial charge on any atom is -0.497 e. The topological polar surface area (TPSA) is 49.1 Å². The molecule has 5 heteroatoms. The van der Waals surface area contributed by atoms with Crippen LogP contribution in [0, 0.1) is 6.92 Å². The van der Waals surface area contributed by atoms with Gasteiger partial charge in [-0.15, -0.1) is 0 Å². The van der Waals surface area contributed by atoms with Crippen LogP contribution < -0.4 is 15.4 Å². The molecule has 0 bridgehead atoms. The van der Waals surface area contributed by atoms with Gasteiger partial charge < -0.3 is 20.4 Å². The minimum atomic E-state index is 0.129. The van der Waals surface area contributed by atoms with Gasteiger partial charge in [0.2, 0.25) is 0 Å². The quantitative estimate of drug-likeness (QED) is 0.359. The molecule has 30 heavy (non-hydrogen) atoms. The number of aromatic amines is 1. The van der Waals surface area contributed by atoms with Crippen LogP contribution in [0.3, 0.4) is 0 Å². The van der Waals surface area contributed by atoms with E-state index in [4.69, 9.17) is 17.0 Å². The number of aromatic nitrogens is 1. The SMILES string of the molecule is COc1ccc([C@H](CNC(=S)Nc2cccc(C)c2)c2c[nH]c3ccccc23)cc1. The monoisotopic (exact) mass is 415 g/mol. The van der Waals surface area contributed by atoms with Crippen LogP contribution >= 0.6 is 12.2 Å². The second kappa shape index (κ2) is 9.01. The number of hydrogen-bond acceptors (Lipinski definition) is 2. The van der Waals surface area contributed by atoms with E-state index in [0.717, 1.165) is 17.0 Å². The average Bonchev–Trinajstić information content (AvgIpc) is 3.18. The number of hydrogen-bond donors (Lipinski definition) is 3. The second-order valence-corrected chi connectivity index (χ2v) is 7.73. The first-order chi connectivity index (χ1) is 14.6. The molecular formula is C25H25N3OS. The van der Waals surface area contributed by atoms with Gasteiger partial charge in [0.25, 0.3) is 0 Å². The molecule has 0 saturated carbocycles. The van der Waals surface area contributed by atoms with Crippen LogP contribution in [0.1, 0.15) is 22.6 Å². The summed E-state index contributed by atoms with van der Waals surface area (Å²) in [6.45, 7) is 2.74. The zero-order valence-electron chi connectivity index (χ0n) is 17.1. The van der Waals surface area contributed by atoms with Gasteiger partial charge in [-0.05, 0) is 66.2 Å². The first kappa shape index (κ1) is 20.0. The molecule has 152 valence electrons. The molecule has 3 aromatic carbocycles. The average molecular weight is 416 g/mol. The lowest BCUT2D eigenvalue weighted by atomic mass is 9.91. The van der Waals surface area contributed by atoms with Crippen LogP contribution in [0.4, 0.5) is 5.69 Å². The van der Waals surface area contributed by atoms with E-state index < -0.39 is 0 Å². The fraction of sp³-hybridized carbons (Fsp3) is 0.160. The van der Waals surface area contributed by atoms with E-state index >= 15 is 0 Å². The van der Waals surface area contributed by atoms with E-state index in [2.05, 4.69) is 71.2 Å². The summed E-state index contributed by atoms with van der Waals surface area (Å²) in [5.74, 6) is 0.977. The Morgan fingerprint density at radius 2 is 1.83 bits per heavy atom. The van der Waals surface area contributed by atoms with E-state index in [1.54, 1.807) is 7.11 Å². The van der Waals surface area contributed by atoms with Crippen molar-refractivity contribution in [3.8, 4) is 5.75 Å². The number of thiocarbonyl (C=S) groups is 1. The summed E-state index contributed by atoms with van der Waals surface area (Å²) in [4.78, 5) is 3.39. The van der Waals surface area contributed by atoms with Crippen LogP contribution in [-0.4, -0.2) is 23.8 Å². The van der Waals surface area contributed by atoms with Gasteiger partial charge in [-0.3, -0.25) is 0 Å². The lowest BCUT2D eigenvalue weighted by molar-refractivity contribution is 0.414. The lowest BCUT2D eigenvalue weighted by Crippen LogP contribution is -2.32. The van der Waals surface area contributed by atoms with Crippen LogP contribution in [0.15, 0.2) is 79.0 Å². The third-order valence-corrected chi connectivity index (χ3v) is 5.50. The van der Waals surface area contributed by atoms with E-state index in [9.17, 15) is 0 Å². The minimum absolute atomic E-state index is 0.129. The number of aryl methyl sites for hydroxylation is 1. The molecule has 0 aliphatic carbocycles. The van der Waals surface area contributed by atoms with E-state index in [0.29, 0.717) is 11.7 Å². The van der Waals surface area contributed by atoms with Gasteiger partial charge in [0.05, 0.1) is 7.11 Å². The van der Waals surface area contributed by atoms with Crippen LogP contribution in [0.25, 0.3) is 10.9 Å². The van der Waals surface area contributed by atoms with E-state index in [-0.39, 0.29) is 5.92 Å². The Morgan fingerprint density at radius 1 is 1.03 bits per heavy atom. The molecule has 1 heterocycles. The van der Waals surface area contributed by atoms with Crippen molar-refractivity contribution < 1.29 is 4.74 Å². The number of anilines is 1. The Hall–Kier alpha value is -3.31. The maximum absolute atomic E-state index is 5.56. The van der Waals surface area contributed by atoms with Crippen molar-refractivity contribution in [2.45, 2.75) is 12.8 Å². The fourth-order valence-electron chi connectivity index (χ4n) is 3.72. The van der Waals surface area contributed by atoms with Crippen molar-refractivity contribution in [2.24, 2.45) is 0 Å². The highest BCUT2D eigenvalue weighted by Crippen LogP contribution is 2.31. The summed E-state index contributed by atoms with van der Waals surface area (Å²) in [5, 5.41) is 8.52. The van der Waals surface area contributed by atoms with Crippen molar-refractivity contribution in [1.29, 1.82) is 0 Å². The van der Waals surface area contributed by atoms with Crippen molar-refractivity contribution >= 4 is 33.9 Å². The van der Waals surface area contributed by atoms with Gasteiger partial charge in [-0.25, -0.2) is 0 Å². The Morgan fingerprint density at radius 3 is 2.60 bits per heavy atom. The standard InChI is InChI=1S/C25H25N3OS/c1-17-6-5-7-19(14-17)28-25(30)27-15-22(18-10-12-20(29-2)13-11-18)23-16-26-24-9-4-3-8-21(23)24/h3-14,16,22,26H,15H2,1-2H3,(H2,27,28,30)/t22-/m0/s1. The fourth-order valence-corrected chi connectivity index (χ4v) is 3.92. The molecule has 4 aromatic rings. The summed E-state index contributed by atoms with van der Waals surface area (Å²) in [6.07, 6.45) is 2.10. The summed E-state index contributed by atoms with van der Waals surface area (Å²) < 4.78 is 5.33. The Bertz CT molecular complexity index is 1150. The number of rotatable bonds is 6. The highest BCUT2D eigenvalue weighted by Gasteiger charge is 2.18. The molecule has 3 N–H and O–H groups in total. The summed E-state index contributed by atoms with van der Waals surface area (Å²) >= 11 is 5.56. The van der Waals surface area contributed by atoms with Crippen molar-refractivity contribution in [3.05, 3.63) is 95.7 Å². The lowest BCUT2D eigenvalue weighted by Gasteiger charge is -2.20. The second-order valence-electron chi connectivity index (χ2n) is 7.32. The predicted molar refractivity (Wildman–Crippen MR) is 129 cm³/mol. The molecule has 0 saturated heterocycles. The van der Waals surface area contributed by atoms with Crippen LogP contribution in [0.5, 0.6) is 5.75 Å². The Labute approximate surface area is 182 Å². The zero-order valence-corrected chi connectivity index (χ0v) is 17.9. The highest BCUT2D eigenvalue weighted by atomic mass is 32.1. The Balaban J connectivity index is 1.58. The van der Waals surface area contributed by atoms with Crippen molar-refractivity contribution in [3.63, 3.8) is 0 Å². The summed E-state index contributed by atoms with van der Waals surface area (Å²) in [5.41, 5.74) is 5.75. The van der Waals surface area contributed by atoms with E-state index in [1.807, 2.05) is 30.3 Å². The molecule has 0 spiro atoms. The number of fused-ring (bicyclic) bond motifs is 1. The molecule has 1 atom stereocenters. The van der Waals surface area contributed by atoms with E-state index in [1.165, 1.54) is 22.1 Å². The van der Waals surface area contributed by atoms with Crippen molar-refractivity contribution in [2.75, 3.05) is 19.0 Å². The first-order valence-electron chi connectivity index (χ1n) is 9.95. The number of H-pyrrole nitrogens is 1. The molecule has 0 aliphatic heterocycles. The number of benzene rings is 3. The molecule has 0 radical (unpaired) electrons. The first-order valence-corrected chi connectivity index (χ1v) is 10.4. The highest BCUT2D eigenvalue weighted by molar-refractivity contribution is 7.80. The van der Waals surface area contributed by atoms with Gasteiger partial charge in [0.1, 0.15) is 5.75 Å².